The topological polar surface area (TPSA) is 99.1 Å². The van der Waals surface area contributed by atoms with Crippen molar-refractivity contribution in [2.24, 2.45) is 21.1 Å². The Kier molecular flexibility index (Phi) is 8.43. The maximum Gasteiger partial charge on any atom is 0.352 e. The second-order valence-electron chi connectivity index (χ2n) is 12.7. The average Bonchev–Trinajstić information content (AvgIpc) is 3.63. The Morgan fingerprint density at radius 1 is 1.06 bits per heavy atom. The van der Waals surface area contributed by atoms with E-state index in [0.717, 1.165) is 57.6 Å². The van der Waals surface area contributed by atoms with E-state index >= 15 is 8.78 Å². The number of aryl methyl sites for hydroxylation is 5. The van der Waals surface area contributed by atoms with Crippen LogP contribution < -0.4 is 10.1 Å². The number of anilines is 1. The summed E-state index contributed by atoms with van der Waals surface area (Å²) >= 11 is 8.53. The van der Waals surface area contributed by atoms with Gasteiger partial charge in [0.25, 0.3) is 5.92 Å². The van der Waals surface area contributed by atoms with Crippen molar-refractivity contribution in [3.05, 3.63) is 80.5 Å². The number of nitrogens with zero attached hydrogens (tertiary/aromatic N) is 5. The molecule has 0 spiro atoms. The van der Waals surface area contributed by atoms with Crippen LogP contribution >= 0.6 is 23.4 Å². The fourth-order valence-electron chi connectivity index (χ4n) is 7.18. The molecule has 2 N–H and O–H groups in total. The third kappa shape index (κ3) is 5.62. The zero-order chi connectivity index (χ0) is 33.9. The van der Waals surface area contributed by atoms with Crippen molar-refractivity contribution >= 4 is 45.9 Å². The summed E-state index contributed by atoms with van der Waals surface area (Å²) in [5.41, 5.74) is 7.49. The number of halogens is 3. The lowest BCUT2D eigenvalue weighted by Crippen LogP contribution is -2.21. The minimum absolute atomic E-state index is 0.0901. The molecule has 0 radical (unpaired) electrons. The van der Waals surface area contributed by atoms with Gasteiger partial charge in [-0.3, -0.25) is 9.36 Å². The third-order valence-corrected chi connectivity index (χ3v) is 10.8. The van der Waals surface area contributed by atoms with E-state index in [1.807, 2.05) is 26.1 Å². The van der Waals surface area contributed by atoms with Crippen LogP contribution in [0.3, 0.4) is 0 Å². The van der Waals surface area contributed by atoms with Gasteiger partial charge in [0, 0.05) is 72.7 Å². The molecule has 48 heavy (non-hydrogen) atoms. The summed E-state index contributed by atoms with van der Waals surface area (Å²) < 4.78 is 43.3. The molecule has 0 atom stereocenters. The lowest BCUT2D eigenvalue weighted by molar-refractivity contribution is -0.00591. The maximum absolute atomic E-state index is 16.0. The highest BCUT2D eigenvalue weighted by molar-refractivity contribution is 7.97. The molecule has 7 rings (SSSR count). The second-order valence-corrected chi connectivity index (χ2v) is 14.0. The van der Waals surface area contributed by atoms with E-state index in [2.05, 4.69) is 10.4 Å². The number of rotatable bonds is 1. The number of aromatic carboxylic acids is 1. The van der Waals surface area contributed by atoms with Gasteiger partial charge in [0.1, 0.15) is 11.4 Å². The first kappa shape index (κ1) is 32.5. The molecule has 3 aromatic heterocycles. The van der Waals surface area contributed by atoms with Crippen molar-refractivity contribution in [2.75, 3.05) is 18.5 Å². The lowest BCUT2D eigenvalue weighted by Gasteiger charge is -2.25. The van der Waals surface area contributed by atoms with Crippen LogP contribution in [-0.2, 0) is 57.8 Å². The minimum atomic E-state index is -3.16. The van der Waals surface area contributed by atoms with Gasteiger partial charge in [0.2, 0.25) is 0 Å². The number of hydrogen-bond acceptors (Lipinski definition) is 6. The number of aromatic nitrogens is 5. The summed E-state index contributed by atoms with van der Waals surface area (Å²) in [6, 6.07) is 8.50. The van der Waals surface area contributed by atoms with Gasteiger partial charge in [-0.05, 0) is 68.0 Å². The Bertz CT molecular complexity index is 2080. The second kappa shape index (κ2) is 12.5. The molecule has 2 aromatic carbocycles. The molecule has 2 aliphatic rings. The summed E-state index contributed by atoms with van der Waals surface area (Å²) in [5.74, 6) is -2.80. The highest BCUT2D eigenvalue weighted by Crippen LogP contribution is 2.44. The van der Waals surface area contributed by atoms with Gasteiger partial charge in [-0.2, -0.15) is 10.2 Å². The van der Waals surface area contributed by atoms with Crippen molar-refractivity contribution < 1.29 is 23.4 Å². The average molecular weight is 695 g/mol. The molecule has 0 saturated carbocycles. The predicted molar refractivity (Wildman–Crippen MR) is 185 cm³/mol. The SMILES string of the molecule is Cc1c2c(nn1C)CSCc1cc(n(C)n1)CC(F)(F)c1cc3c(c(c1)OCCCc1c(C(=O)O)n(C)c4c-2c(Cl)ccc14)NCCC3. The van der Waals surface area contributed by atoms with Crippen molar-refractivity contribution in [1.29, 1.82) is 0 Å². The van der Waals surface area contributed by atoms with Gasteiger partial charge in [-0.15, -0.1) is 11.8 Å². The van der Waals surface area contributed by atoms with Crippen LogP contribution in [0, 0.1) is 6.92 Å². The number of thioether (sulfide) groups is 1. The fourth-order valence-corrected chi connectivity index (χ4v) is 8.27. The van der Waals surface area contributed by atoms with Crippen LogP contribution in [0.4, 0.5) is 14.5 Å². The Balaban J connectivity index is 1.37. The third-order valence-electron chi connectivity index (χ3n) is 9.55. The van der Waals surface area contributed by atoms with Gasteiger partial charge < -0.3 is 19.7 Å². The van der Waals surface area contributed by atoms with E-state index < -0.39 is 18.3 Å². The normalized spacial score (nSPS) is 16.5. The van der Waals surface area contributed by atoms with E-state index in [0.29, 0.717) is 58.5 Å². The summed E-state index contributed by atoms with van der Waals surface area (Å²) in [6.07, 6.45) is 1.90. The van der Waals surface area contributed by atoms with E-state index in [4.69, 9.17) is 21.4 Å². The monoisotopic (exact) mass is 694 g/mol. The Morgan fingerprint density at radius 2 is 1.88 bits per heavy atom. The van der Waals surface area contributed by atoms with E-state index in [9.17, 15) is 9.90 Å². The zero-order valence-corrected chi connectivity index (χ0v) is 28.9. The number of hydrogen-bond donors (Lipinski definition) is 2. The molecule has 0 fully saturated rings. The summed E-state index contributed by atoms with van der Waals surface area (Å²) in [4.78, 5) is 12.7. The molecule has 9 nitrogen and oxygen atoms in total. The Morgan fingerprint density at radius 3 is 2.67 bits per heavy atom. The quantitative estimate of drug-likeness (QED) is 0.188. The first-order valence-corrected chi connectivity index (χ1v) is 17.5. The summed E-state index contributed by atoms with van der Waals surface area (Å²) in [7, 11) is 5.33. The van der Waals surface area contributed by atoms with Crippen LogP contribution in [-0.4, -0.2) is 48.4 Å². The minimum Gasteiger partial charge on any atom is -0.491 e. The molecule has 0 aliphatic carbocycles. The highest BCUT2D eigenvalue weighted by atomic mass is 35.5. The Hall–Kier alpha value is -4.03. The number of ether oxygens (including phenoxy) is 1. The molecular weight excluding hydrogens is 658 g/mol. The summed E-state index contributed by atoms with van der Waals surface area (Å²) in [5, 5.41) is 24.4. The molecule has 252 valence electrons. The van der Waals surface area contributed by atoms with Crippen molar-refractivity contribution in [3.63, 3.8) is 0 Å². The first-order valence-electron chi connectivity index (χ1n) is 16.0. The lowest BCUT2D eigenvalue weighted by atomic mass is 9.95. The number of carbonyl (C=O) groups is 1. The molecule has 8 bridgehead atoms. The van der Waals surface area contributed by atoms with E-state index in [1.54, 1.807) is 47.2 Å². The zero-order valence-electron chi connectivity index (χ0n) is 27.3. The molecule has 2 aliphatic heterocycles. The van der Waals surface area contributed by atoms with Crippen LogP contribution in [0.1, 0.15) is 62.8 Å². The molecule has 5 aromatic rings. The number of carboxylic acid groups (broad SMARTS) is 1. The molecule has 5 heterocycles. The number of alkyl halides is 2. The van der Waals surface area contributed by atoms with Gasteiger partial charge >= 0.3 is 5.97 Å². The molecule has 0 amide bonds. The van der Waals surface area contributed by atoms with Gasteiger partial charge in [0.05, 0.1) is 40.6 Å². The van der Waals surface area contributed by atoms with Crippen LogP contribution in [0.25, 0.3) is 22.0 Å². The standard InChI is InChI=1S/C35H37ClF2N6O3S/c1-19-29-27(41-43(19)3)18-48-17-22-15-23(44(4)40-22)16-35(37,38)21-13-20-7-5-11-39-31(20)28(14-21)47-12-6-8-24-25-9-10-26(36)30(29)32(25)42(2)33(24)34(45)46/h9-10,13-15,39H,5-8,11-12,16-18H2,1-4H3,(H,45,46). The van der Waals surface area contributed by atoms with Gasteiger partial charge in [0.15, 0.2) is 0 Å². The van der Waals surface area contributed by atoms with Crippen LogP contribution in [0.2, 0.25) is 5.02 Å². The summed E-state index contributed by atoms with van der Waals surface area (Å²) in [6.45, 7) is 2.92. The predicted octanol–water partition coefficient (Wildman–Crippen LogP) is 7.42. The highest BCUT2D eigenvalue weighted by Gasteiger charge is 2.36. The molecule has 13 heteroatoms. The van der Waals surface area contributed by atoms with E-state index in [-0.39, 0.29) is 17.9 Å². The van der Waals surface area contributed by atoms with Crippen molar-refractivity contribution in [3.8, 4) is 16.9 Å². The number of fused-ring (bicyclic) bond motifs is 8. The maximum atomic E-state index is 16.0. The number of carboxylic acids is 1. The van der Waals surface area contributed by atoms with Gasteiger partial charge in [-0.25, -0.2) is 13.6 Å². The van der Waals surface area contributed by atoms with Crippen LogP contribution in [0.15, 0.2) is 30.3 Å². The van der Waals surface area contributed by atoms with Gasteiger partial charge in [-0.1, -0.05) is 17.7 Å². The first-order chi connectivity index (χ1) is 22.9. The molecule has 0 saturated heterocycles. The largest absolute Gasteiger partial charge is 0.491 e. The number of benzene rings is 2. The van der Waals surface area contributed by atoms with E-state index in [1.165, 1.54) is 10.7 Å². The van der Waals surface area contributed by atoms with Crippen LogP contribution in [0.5, 0.6) is 5.75 Å². The van der Waals surface area contributed by atoms with Crippen molar-refractivity contribution in [2.45, 2.75) is 56.5 Å². The molecule has 0 unspecified atom stereocenters. The van der Waals surface area contributed by atoms with Crippen molar-refractivity contribution in [1.82, 2.24) is 24.1 Å². The molecular formula is C35H37ClF2N6O3S. The Labute approximate surface area is 286 Å². The number of nitrogens with one attached hydrogen (secondary N) is 1. The smallest absolute Gasteiger partial charge is 0.352 e. The fraction of sp³-hybridized carbons (Fsp3) is 0.400.